The third-order valence-electron chi connectivity index (χ3n) is 3.74. The number of nitrogens with one attached hydrogen (secondary N) is 2. The van der Waals surface area contributed by atoms with Crippen molar-refractivity contribution in [2.75, 3.05) is 11.9 Å². The van der Waals surface area contributed by atoms with E-state index in [0.29, 0.717) is 5.56 Å². The van der Waals surface area contributed by atoms with Crippen LogP contribution in [-0.4, -0.2) is 27.3 Å². The first-order valence-corrected chi connectivity index (χ1v) is 8.37. The molecule has 0 aliphatic heterocycles. The maximum Gasteiger partial charge on any atom is 0.254 e. The van der Waals surface area contributed by atoms with Crippen LogP contribution in [0.25, 0.3) is 0 Å². The molecule has 2 aromatic heterocycles. The minimum Gasteiger partial charge on any atom is -0.476 e. The highest BCUT2D eigenvalue weighted by Crippen LogP contribution is 2.20. The molecule has 2 heterocycles. The zero-order valence-electron chi connectivity index (χ0n) is 14.8. The van der Waals surface area contributed by atoms with Crippen molar-refractivity contribution in [3.05, 3.63) is 77.1 Å². The number of hydrogen-bond donors (Lipinski definition) is 2. The molecule has 2 N–H and O–H groups in total. The summed E-state index contributed by atoms with van der Waals surface area (Å²) >= 11 is 0. The minimum atomic E-state index is -0.770. The van der Waals surface area contributed by atoms with Crippen molar-refractivity contribution >= 4 is 11.5 Å². The fourth-order valence-corrected chi connectivity index (χ4v) is 2.42. The summed E-state index contributed by atoms with van der Waals surface area (Å²) in [7, 11) is 0. The minimum absolute atomic E-state index is 0.0467. The molecule has 0 saturated heterocycles. The standard InChI is InChI=1S/C19H16F3N5O/c1-2-28-19-15(22)10-26-18(27-19)16(23)13-7-12(20)9-25-17(13)24-8-11-5-3-4-6-14(11)21/h3-7,9-10,23H,2,8H2,1H3,(H,24,25). The summed E-state index contributed by atoms with van der Waals surface area (Å²) in [5, 5.41) is 11.2. The number of nitrogens with zero attached hydrogens (tertiary/aromatic N) is 3. The van der Waals surface area contributed by atoms with Gasteiger partial charge in [0.15, 0.2) is 5.82 Å². The second-order valence-corrected chi connectivity index (χ2v) is 5.65. The monoisotopic (exact) mass is 387 g/mol. The van der Waals surface area contributed by atoms with E-state index >= 15 is 0 Å². The maximum absolute atomic E-state index is 13.8. The number of hydrogen-bond acceptors (Lipinski definition) is 6. The van der Waals surface area contributed by atoms with E-state index in [1.165, 1.54) is 6.07 Å². The van der Waals surface area contributed by atoms with Gasteiger partial charge in [0, 0.05) is 17.7 Å². The lowest BCUT2D eigenvalue weighted by atomic mass is 10.1. The maximum atomic E-state index is 13.8. The molecule has 0 saturated carbocycles. The molecule has 0 fully saturated rings. The van der Waals surface area contributed by atoms with Crippen LogP contribution in [0.3, 0.4) is 0 Å². The number of rotatable bonds is 7. The van der Waals surface area contributed by atoms with Crippen molar-refractivity contribution in [1.82, 2.24) is 15.0 Å². The van der Waals surface area contributed by atoms with E-state index in [1.54, 1.807) is 25.1 Å². The van der Waals surface area contributed by atoms with Gasteiger partial charge in [0.2, 0.25) is 5.82 Å². The fraction of sp³-hybridized carbons (Fsp3) is 0.158. The summed E-state index contributed by atoms with van der Waals surface area (Å²) in [5.74, 6) is -2.18. The lowest BCUT2D eigenvalue weighted by Gasteiger charge is -2.12. The van der Waals surface area contributed by atoms with Crippen molar-refractivity contribution in [2.24, 2.45) is 0 Å². The van der Waals surface area contributed by atoms with Crippen molar-refractivity contribution < 1.29 is 17.9 Å². The molecule has 0 amide bonds. The summed E-state index contributed by atoms with van der Waals surface area (Å²) < 4.78 is 46.3. The smallest absolute Gasteiger partial charge is 0.254 e. The summed E-state index contributed by atoms with van der Waals surface area (Å²) in [5.41, 5.74) is 0.136. The van der Waals surface area contributed by atoms with Crippen molar-refractivity contribution in [3.8, 4) is 5.88 Å². The van der Waals surface area contributed by atoms with E-state index in [0.717, 1.165) is 18.5 Å². The highest BCUT2D eigenvalue weighted by Gasteiger charge is 2.18. The first-order chi connectivity index (χ1) is 13.5. The predicted molar refractivity (Wildman–Crippen MR) is 97.0 cm³/mol. The number of pyridine rings is 1. The lowest BCUT2D eigenvalue weighted by Crippen LogP contribution is -2.14. The molecule has 3 rings (SSSR count). The summed E-state index contributed by atoms with van der Waals surface area (Å²) in [6.45, 7) is 1.91. The molecule has 6 nitrogen and oxygen atoms in total. The Bertz CT molecular complexity index is 1010. The van der Waals surface area contributed by atoms with Gasteiger partial charge in [0.1, 0.15) is 23.2 Å². The molecule has 0 unspecified atom stereocenters. The van der Waals surface area contributed by atoms with Crippen LogP contribution in [0.1, 0.15) is 23.9 Å². The number of halogens is 3. The van der Waals surface area contributed by atoms with Gasteiger partial charge in [-0.3, -0.25) is 5.41 Å². The first-order valence-electron chi connectivity index (χ1n) is 8.37. The van der Waals surface area contributed by atoms with Gasteiger partial charge < -0.3 is 10.1 Å². The van der Waals surface area contributed by atoms with Crippen LogP contribution in [0, 0.1) is 22.9 Å². The van der Waals surface area contributed by atoms with E-state index in [-0.39, 0.29) is 41.9 Å². The van der Waals surface area contributed by atoms with E-state index in [9.17, 15) is 13.2 Å². The topological polar surface area (TPSA) is 83.8 Å². The first kappa shape index (κ1) is 19.3. The highest BCUT2D eigenvalue weighted by atomic mass is 19.1. The fourth-order valence-electron chi connectivity index (χ4n) is 2.42. The Hall–Kier alpha value is -3.49. The number of anilines is 1. The van der Waals surface area contributed by atoms with Gasteiger partial charge in [-0.05, 0) is 19.1 Å². The van der Waals surface area contributed by atoms with Crippen LogP contribution in [-0.2, 0) is 6.54 Å². The third-order valence-corrected chi connectivity index (χ3v) is 3.74. The van der Waals surface area contributed by atoms with Crippen molar-refractivity contribution in [3.63, 3.8) is 0 Å². The third kappa shape index (κ3) is 4.25. The Kier molecular flexibility index (Phi) is 5.83. The van der Waals surface area contributed by atoms with Gasteiger partial charge in [-0.15, -0.1) is 0 Å². The molecular formula is C19H16F3N5O. The SMILES string of the molecule is CCOc1nc(C(=N)c2cc(F)cnc2NCc2ccccc2F)ncc1F. The second-order valence-electron chi connectivity index (χ2n) is 5.65. The van der Waals surface area contributed by atoms with E-state index in [4.69, 9.17) is 10.1 Å². The predicted octanol–water partition coefficient (Wildman–Crippen LogP) is 3.72. The van der Waals surface area contributed by atoms with E-state index in [2.05, 4.69) is 20.3 Å². The summed E-state index contributed by atoms with van der Waals surface area (Å²) in [4.78, 5) is 11.6. The molecule has 0 bridgehead atoms. The van der Waals surface area contributed by atoms with E-state index < -0.39 is 17.5 Å². The molecule has 144 valence electrons. The van der Waals surface area contributed by atoms with Gasteiger partial charge in [-0.25, -0.2) is 18.7 Å². The Morgan fingerprint density at radius 2 is 1.89 bits per heavy atom. The van der Waals surface area contributed by atoms with Gasteiger partial charge in [0.05, 0.1) is 19.0 Å². The molecule has 0 aliphatic rings. The molecular weight excluding hydrogens is 371 g/mol. The molecule has 9 heteroatoms. The van der Waals surface area contributed by atoms with Crippen LogP contribution in [0.4, 0.5) is 19.0 Å². The molecule has 0 radical (unpaired) electrons. The normalized spacial score (nSPS) is 10.6. The Balaban J connectivity index is 1.91. The van der Waals surface area contributed by atoms with E-state index in [1.807, 2.05) is 0 Å². The van der Waals surface area contributed by atoms with Crippen molar-refractivity contribution in [1.29, 1.82) is 5.41 Å². The van der Waals surface area contributed by atoms with Crippen molar-refractivity contribution in [2.45, 2.75) is 13.5 Å². The molecule has 28 heavy (non-hydrogen) atoms. The molecule has 0 aliphatic carbocycles. The molecule has 0 atom stereocenters. The summed E-state index contributed by atoms with van der Waals surface area (Å²) in [6, 6.07) is 7.24. The molecule has 0 spiro atoms. The lowest BCUT2D eigenvalue weighted by molar-refractivity contribution is 0.305. The van der Waals surface area contributed by atoms with Crippen LogP contribution in [0.2, 0.25) is 0 Å². The van der Waals surface area contributed by atoms with Gasteiger partial charge >= 0.3 is 0 Å². The molecule has 3 aromatic rings. The zero-order chi connectivity index (χ0) is 20.1. The number of benzene rings is 1. The zero-order valence-corrected chi connectivity index (χ0v) is 14.8. The Morgan fingerprint density at radius 3 is 2.64 bits per heavy atom. The van der Waals surface area contributed by atoms with Gasteiger partial charge in [-0.1, -0.05) is 18.2 Å². The van der Waals surface area contributed by atoms with Gasteiger partial charge in [-0.2, -0.15) is 9.37 Å². The quantitative estimate of drug-likeness (QED) is 0.604. The average molecular weight is 387 g/mol. The van der Waals surface area contributed by atoms with Crippen LogP contribution >= 0.6 is 0 Å². The number of ether oxygens (including phenoxy) is 1. The van der Waals surface area contributed by atoms with Crippen LogP contribution in [0.5, 0.6) is 5.88 Å². The van der Waals surface area contributed by atoms with Crippen LogP contribution < -0.4 is 10.1 Å². The molecule has 1 aromatic carbocycles. The average Bonchev–Trinajstić information content (AvgIpc) is 2.69. The van der Waals surface area contributed by atoms with Crippen LogP contribution in [0.15, 0.2) is 42.7 Å². The Labute approximate surface area is 159 Å². The Morgan fingerprint density at radius 1 is 1.11 bits per heavy atom. The highest BCUT2D eigenvalue weighted by molar-refractivity contribution is 6.11. The largest absolute Gasteiger partial charge is 0.476 e. The van der Waals surface area contributed by atoms with Gasteiger partial charge in [0.25, 0.3) is 5.88 Å². The second kappa shape index (κ2) is 8.47. The number of aromatic nitrogens is 3. The summed E-state index contributed by atoms with van der Waals surface area (Å²) in [6.07, 6.45) is 1.85.